The Bertz CT molecular complexity index is 922. The van der Waals surface area contributed by atoms with Crippen LogP contribution in [0.3, 0.4) is 0 Å². The zero-order chi connectivity index (χ0) is 19.9. The first-order valence-electron chi connectivity index (χ1n) is 8.98. The Labute approximate surface area is 163 Å². The molecule has 3 rings (SSSR count). The lowest BCUT2D eigenvalue weighted by Gasteiger charge is -2.18. The molecule has 2 unspecified atom stereocenters. The normalized spacial score (nSPS) is 12.8. The number of hydrogen-bond donors (Lipinski definition) is 0. The van der Waals surface area contributed by atoms with Crippen LogP contribution in [0, 0.1) is 0 Å². The standard InChI is InChI=1S/C22H22N2O4/c1-16(17-9-5-3-6-10-17)24-15-23-13-20(24)22(26)28-14-19(21(25)27-2)18-11-7-4-8-12-18/h3-13,15-16,19H,14H2,1-2H3. The van der Waals surface area contributed by atoms with Crippen LogP contribution in [-0.2, 0) is 14.3 Å². The zero-order valence-electron chi connectivity index (χ0n) is 15.8. The van der Waals surface area contributed by atoms with Crippen molar-refractivity contribution in [1.29, 1.82) is 0 Å². The average molecular weight is 378 g/mol. The third-order valence-corrected chi connectivity index (χ3v) is 4.64. The molecule has 2 aromatic carbocycles. The molecule has 0 radical (unpaired) electrons. The number of carbonyl (C=O) groups excluding carboxylic acids is 2. The maximum Gasteiger partial charge on any atom is 0.356 e. The van der Waals surface area contributed by atoms with E-state index in [1.54, 1.807) is 23.0 Å². The summed E-state index contributed by atoms with van der Waals surface area (Å²) in [5.41, 5.74) is 2.10. The smallest absolute Gasteiger partial charge is 0.356 e. The molecule has 0 fully saturated rings. The zero-order valence-corrected chi connectivity index (χ0v) is 15.8. The van der Waals surface area contributed by atoms with Crippen molar-refractivity contribution in [2.45, 2.75) is 18.9 Å². The summed E-state index contributed by atoms with van der Waals surface area (Å²) in [5, 5.41) is 0. The Morgan fingerprint density at radius 2 is 1.61 bits per heavy atom. The van der Waals surface area contributed by atoms with E-state index in [4.69, 9.17) is 9.47 Å². The minimum absolute atomic E-state index is 0.0863. The van der Waals surface area contributed by atoms with E-state index in [9.17, 15) is 9.59 Å². The van der Waals surface area contributed by atoms with Crippen molar-refractivity contribution in [1.82, 2.24) is 9.55 Å². The van der Waals surface area contributed by atoms with Gasteiger partial charge in [0.1, 0.15) is 18.2 Å². The molecular weight excluding hydrogens is 356 g/mol. The van der Waals surface area contributed by atoms with Gasteiger partial charge in [0, 0.05) is 0 Å². The summed E-state index contributed by atoms with van der Waals surface area (Å²) in [5.74, 6) is -1.67. The number of nitrogens with zero attached hydrogens (tertiary/aromatic N) is 2. The molecule has 0 saturated carbocycles. The predicted octanol–water partition coefficient (Wildman–Crippen LogP) is 3.61. The molecule has 0 aliphatic carbocycles. The summed E-state index contributed by atoms with van der Waals surface area (Å²) in [6.45, 7) is 1.87. The summed E-state index contributed by atoms with van der Waals surface area (Å²) in [4.78, 5) is 28.9. The Kier molecular flexibility index (Phi) is 6.22. The molecule has 144 valence electrons. The van der Waals surface area contributed by atoms with Crippen LogP contribution in [0.1, 0.15) is 40.5 Å². The van der Waals surface area contributed by atoms with E-state index in [1.165, 1.54) is 13.3 Å². The van der Waals surface area contributed by atoms with Crippen LogP contribution in [0.5, 0.6) is 0 Å². The van der Waals surface area contributed by atoms with Gasteiger partial charge >= 0.3 is 11.9 Å². The molecule has 3 aromatic rings. The number of methoxy groups -OCH3 is 1. The number of imidazole rings is 1. The molecule has 0 saturated heterocycles. The highest BCUT2D eigenvalue weighted by Gasteiger charge is 2.25. The van der Waals surface area contributed by atoms with Gasteiger partial charge in [-0.25, -0.2) is 9.78 Å². The number of benzene rings is 2. The van der Waals surface area contributed by atoms with Crippen LogP contribution >= 0.6 is 0 Å². The third-order valence-electron chi connectivity index (χ3n) is 4.64. The first-order chi connectivity index (χ1) is 13.6. The van der Waals surface area contributed by atoms with Gasteiger partial charge in [-0.1, -0.05) is 60.7 Å². The van der Waals surface area contributed by atoms with Crippen LogP contribution < -0.4 is 0 Å². The SMILES string of the molecule is COC(=O)C(COC(=O)c1cncn1C(C)c1ccccc1)c1ccccc1. The average Bonchev–Trinajstić information content (AvgIpc) is 3.24. The van der Waals surface area contributed by atoms with Crippen LogP contribution in [0.4, 0.5) is 0 Å². The maximum absolute atomic E-state index is 12.7. The Morgan fingerprint density at radius 1 is 1.00 bits per heavy atom. The highest BCUT2D eigenvalue weighted by Crippen LogP contribution is 2.21. The van der Waals surface area contributed by atoms with Crippen LogP contribution in [0.25, 0.3) is 0 Å². The summed E-state index contributed by atoms with van der Waals surface area (Å²) in [6.07, 6.45) is 3.07. The Morgan fingerprint density at radius 3 is 2.21 bits per heavy atom. The molecule has 0 amide bonds. The van der Waals surface area contributed by atoms with Gasteiger partial charge in [-0.05, 0) is 18.1 Å². The molecule has 28 heavy (non-hydrogen) atoms. The van der Waals surface area contributed by atoms with E-state index >= 15 is 0 Å². The number of ether oxygens (including phenoxy) is 2. The second-order valence-corrected chi connectivity index (χ2v) is 6.36. The lowest BCUT2D eigenvalue weighted by atomic mass is 10.0. The minimum atomic E-state index is -0.682. The number of carbonyl (C=O) groups is 2. The number of hydrogen-bond acceptors (Lipinski definition) is 5. The van der Waals surface area contributed by atoms with Crippen molar-refractivity contribution in [2.24, 2.45) is 0 Å². The molecule has 2 atom stereocenters. The minimum Gasteiger partial charge on any atom is -0.468 e. The second kappa shape index (κ2) is 8.99. The van der Waals surface area contributed by atoms with Crippen LogP contribution in [0.2, 0.25) is 0 Å². The highest BCUT2D eigenvalue weighted by atomic mass is 16.5. The van der Waals surface area contributed by atoms with Gasteiger partial charge in [0.25, 0.3) is 0 Å². The van der Waals surface area contributed by atoms with E-state index in [1.807, 2.05) is 55.5 Å². The number of aromatic nitrogens is 2. The Hall–Kier alpha value is -3.41. The van der Waals surface area contributed by atoms with Gasteiger partial charge in [-0.3, -0.25) is 4.79 Å². The summed E-state index contributed by atoms with van der Waals surface area (Å²) >= 11 is 0. The number of esters is 2. The van der Waals surface area contributed by atoms with Gasteiger partial charge in [-0.2, -0.15) is 0 Å². The fourth-order valence-corrected chi connectivity index (χ4v) is 3.02. The lowest BCUT2D eigenvalue weighted by Crippen LogP contribution is -2.23. The van der Waals surface area contributed by atoms with Gasteiger partial charge in [0.15, 0.2) is 0 Å². The molecule has 0 spiro atoms. The molecule has 1 aromatic heterocycles. The van der Waals surface area contributed by atoms with Gasteiger partial charge in [0.05, 0.1) is 25.7 Å². The van der Waals surface area contributed by atoms with Crippen molar-refractivity contribution in [3.63, 3.8) is 0 Å². The first-order valence-corrected chi connectivity index (χ1v) is 8.98. The fraction of sp³-hybridized carbons (Fsp3) is 0.227. The monoisotopic (exact) mass is 378 g/mol. The maximum atomic E-state index is 12.7. The van der Waals surface area contributed by atoms with E-state index in [-0.39, 0.29) is 12.6 Å². The predicted molar refractivity (Wildman–Crippen MR) is 104 cm³/mol. The van der Waals surface area contributed by atoms with E-state index in [0.717, 1.165) is 11.1 Å². The molecule has 0 aliphatic rings. The van der Waals surface area contributed by atoms with Crippen molar-refractivity contribution in [2.75, 3.05) is 13.7 Å². The van der Waals surface area contributed by atoms with Gasteiger partial charge in [-0.15, -0.1) is 0 Å². The molecule has 0 N–H and O–H groups in total. The van der Waals surface area contributed by atoms with Crippen molar-refractivity contribution in [3.8, 4) is 0 Å². The third kappa shape index (κ3) is 4.28. The summed E-state index contributed by atoms with van der Waals surface area (Å²) < 4.78 is 12.1. The van der Waals surface area contributed by atoms with Crippen molar-refractivity contribution >= 4 is 11.9 Å². The molecular formula is C22H22N2O4. The lowest BCUT2D eigenvalue weighted by molar-refractivity contribution is -0.143. The van der Waals surface area contributed by atoms with Crippen molar-refractivity contribution < 1.29 is 19.1 Å². The quantitative estimate of drug-likeness (QED) is 0.588. The topological polar surface area (TPSA) is 70.4 Å². The number of rotatable bonds is 7. The largest absolute Gasteiger partial charge is 0.468 e. The van der Waals surface area contributed by atoms with Crippen LogP contribution in [0.15, 0.2) is 73.2 Å². The van der Waals surface area contributed by atoms with E-state index in [2.05, 4.69) is 4.98 Å². The molecule has 0 bridgehead atoms. The Balaban J connectivity index is 1.75. The van der Waals surface area contributed by atoms with E-state index in [0.29, 0.717) is 5.69 Å². The molecule has 1 heterocycles. The second-order valence-electron chi connectivity index (χ2n) is 6.36. The molecule has 0 aliphatic heterocycles. The first kappa shape index (κ1) is 19.4. The van der Waals surface area contributed by atoms with Crippen molar-refractivity contribution in [3.05, 3.63) is 90.0 Å². The summed E-state index contributed by atoms with van der Waals surface area (Å²) in [6, 6.07) is 18.8. The highest BCUT2D eigenvalue weighted by molar-refractivity contribution is 5.88. The van der Waals surface area contributed by atoms with Crippen LogP contribution in [-0.4, -0.2) is 35.2 Å². The molecule has 6 heteroatoms. The van der Waals surface area contributed by atoms with Gasteiger partial charge < -0.3 is 14.0 Å². The summed E-state index contributed by atoms with van der Waals surface area (Å²) in [7, 11) is 1.32. The van der Waals surface area contributed by atoms with E-state index < -0.39 is 17.9 Å². The fourth-order valence-electron chi connectivity index (χ4n) is 3.02. The van der Waals surface area contributed by atoms with Gasteiger partial charge in [0.2, 0.25) is 0 Å². The molecule has 6 nitrogen and oxygen atoms in total.